The molecule has 9 nitrogen and oxygen atoms in total. The minimum atomic E-state index is -3.72. The first kappa shape index (κ1) is 22.2. The van der Waals surface area contributed by atoms with Crippen molar-refractivity contribution in [3.8, 4) is 11.5 Å². The van der Waals surface area contributed by atoms with Gasteiger partial charge in [0.25, 0.3) is 5.91 Å². The van der Waals surface area contributed by atoms with Gasteiger partial charge in [-0.3, -0.25) is 9.59 Å². The van der Waals surface area contributed by atoms with Crippen LogP contribution in [0.2, 0.25) is 0 Å². The minimum absolute atomic E-state index is 0.0323. The van der Waals surface area contributed by atoms with Gasteiger partial charge in [0.05, 0.1) is 18.6 Å². The van der Waals surface area contributed by atoms with Crippen LogP contribution in [0.3, 0.4) is 0 Å². The highest BCUT2D eigenvalue weighted by atomic mass is 32.2. The zero-order valence-corrected chi connectivity index (χ0v) is 16.7. The lowest BCUT2D eigenvalue weighted by atomic mass is 10.1. The van der Waals surface area contributed by atoms with Gasteiger partial charge in [-0.15, -0.1) is 0 Å². The van der Waals surface area contributed by atoms with Gasteiger partial charge in [0, 0.05) is 6.54 Å². The molecule has 0 bridgehead atoms. The lowest BCUT2D eigenvalue weighted by Crippen LogP contribution is -2.39. The van der Waals surface area contributed by atoms with Gasteiger partial charge in [-0.2, -0.15) is 0 Å². The predicted molar refractivity (Wildman–Crippen MR) is 106 cm³/mol. The molecule has 0 aliphatic carbocycles. The van der Waals surface area contributed by atoms with E-state index >= 15 is 0 Å². The number of ether oxygens (including phenoxy) is 2. The second kappa shape index (κ2) is 10.4. The molecule has 156 valence electrons. The Morgan fingerprint density at radius 1 is 0.931 bits per heavy atom. The van der Waals surface area contributed by atoms with Gasteiger partial charge in [-0.25, -0.2) is 13.6 Å². The van der Waals surface area contributed by atoms with E-state index in [1.165, 1.54) is 12.1 Å². The summed E-state index contributed by atoms with van der Waals surface area (Å²) in [5.41, 5.74) is 0.842. The maximum atomic E-state index is 11.8. The second-order valence-corrected chi connectivity index (χ2v) is 7.59. The Kier molecular flexibility index (Phi) is 7.98. The molecule has 0 fully saturated rings. The van der Waals surface area contributed by atoms with Crippen LogP contribution in [0.4, 0.5) is 0 Å². The van der Waals surface area contributed by atoms with Gasteiger partial charge < -0.3 is 20.1 Å². The molecule has 0 aliphatic heterocycles. The van der Waals surface area contributed by atoms with Crippen LogP contribution < -0.4 is 25.2 Å². The second-order valence-electron chi connectivity index (χ2n) is 6.03. The lowest BCUT2D eigenvalue weighted by Gasteiger charge is -2.09. The van der Waals surface area contributed by atoms with Crippen LogP contribution in [0, 0.1) is 0 Å². The van der Waals surface area contributed by atoms with Crippen LogP contribution in [-0.4, -0.2) is 47.0 Å². The molecular formula is C19H23N3O6S. The molecule has 0 unspecified atom stereocenters. The highest BCUT2D eigenvalue weighted by Gasteiger charge is 2.08. The Labute approximate surface area is 169 Å². The average Bonchev–Trinajstić information content (AvgIpc) is 2.71. The van der Waals surface area contributed by atoms with E-state index < -0.39 is 15.9 Å². The van der Waals surface area contributed by atoms with Crippen molar-refractivity contribution in [3.05, 3.63) is 54.1 Å². The maximum absolute atomic E-state index is 11.8. The maximum Gasteiger partial charge on any atom is 0.258 e. The summed E-state index contributed by atoms with van der Waals surface area (Å²) in [5.74, 6) is 0.427. The van der Waals surface area contributed by atoms with Gasteiger partial charge in [0.15, 0.2) is 6.61 Å². The van der Waals surface area contributed by atoms with Crippen molar-refractivity contribution in [3.63, 3.8) is 0 Å². The number of carbonyl (C=O) groups excluding carboxylic acids is 2. The Morgan fingerprint density at radius 2 is 1.55 bits per heavy atom. The fourth-order valence-corrected chi connectivity index (χ4v) is 2.82. The monoisotopic (exact) mass is 421 g/mol. The number of nitrogens with two attached hydrogens (primary N) is 1. The van der Waals surface area contributed by atoms with Gasteiger partial charge in [-0.1, -0.05) is 12.1 Å². The Morgan fingerprint density at radius 3 is 2.14 bits per heavy atom. The van der Waals surface area contributed by atoms with Crippen LogP contribution in [0.15, 0.2) is 53.4 Å². The molecule has 2 amide bonds. The quantitative estimate of drug-likeness (QED) is 0.501. The molecule has 4 N–H and O–H groups in total. The molecule has 2 aromatic rings. The minimum Gasteiger partial charge on any atom is -0.497 e. The Hall–Kier alpha value is -3.11. The van der Waals surface area contributed by atoms with E-state index in [1.54, 1.807) is 43.5 Å². The molecule has 29 heavy (non-hydrogen) atoms. The Bertz CT molecular complexity index is 927. The van der Waals surface area contributed by atoms with E-state index in [4.69, 9.17) is 14.6 Å². The summed E-state index contributed by atoms with van der Waals surface area (Å²) in [6, 6.07) is 12.9. The number of amides is 2. The van der Waals surface area contributed by atoms with E-state index in [2.05, 4.69) is 10.6 Å². The van der Waals surface area contributed by atoms with Gasteiger partial charge >= 0.3 is 0 Å². The van der Waals surface area contributed by atoms with Gasteiger partial charge in [0.2, 0.25) is 15.9 Å². The number of hydrogen-bond acceptors (Lipinski definition) is 6. The summed E-state index contributed by atoms with van der Waals surface area (Å²) in [5, 5.41) is 10.2. The molecule has 2 aromatic carbocycles. The fourth-order valence-electron chi connectivity index (χ4n) is 2.31. The van der Waals surface area contributed by atoms with Crippen molar-refractivity contribution >= 4 is 21.8 Å². The number of methoxy groups -OCH3 is 1. The molecule has 0 heterocycles. The number of rotatable bonds is 10. The normalized spacial score (nSPS) is 10.8. The highest BCUT2D eigenvalue weighted by Crippen LogP contribution is 2.16. The van der Waals surface area contributed by atoms with Crippen molar-refractivity contribution in [1.82, 2.24) is 10.6 Å². The number of sulfonamides is 1. The summed E-state index contributed by atoms with van der Waals surface area (Å²) in [7, 11) is -2.17. The molecule has 2 rings (SSSR count). The number of nitrogens with one attached hydrogen (secondary N) is 2. The number of primary sulfonamides is 1. The molecule has 0 atom stereocenters. The summed E-state index contributed by atoms with van der Waals surface area (Å²) in [6.07, 6.45) is 0.505. The summed E-state index contributed by atoms with van der Waals surface area (Å²) >= 11 is 0. The first-order valence-electron chi connectivity index (χ1n) is 8.70. The van der Waals surface area contributed by atoms with Crippen LogP contribution in [0.25, 0.3) is 0 Å². The molecule has 0 saturated heterocycles. The standard InChI is InChI=1S/C19H23N3O6S/c1-27-15-4-6-16(7-5-15)28-13-19(24)22-12-18(23)21-11-10-14-2-8-17(9-3-14)29(20,25)26/h2-9H,10-13H2,1H3,(H,21,23)(H,22,24)(H2,20,25,26). The average molecular weight is 421 g/mol. The van der Waals surface area contributed by atoms with Crippen molar-refractivity contribution < 1.29 is 27.5 Å². The van der Waals surface area contributed by atoms with Gasteiger partial charge in [-0.05, 0) is 48.4 Å². The zero-order valence-electron chi connectivity index (χ0n) is 15.9. The molecule has 0 saturated carbocycles. The van der Waals surface area contributed by atoms with Gasteiger partial charge in [0.1, 0.15) is 11.5 Å². The first-order valence-corrected chi connectivity index (χ1v) is 10.2. The third-order valence-electron chi connectivity index (χ3n) is 3.86. The van der Waals surface area contributed by atoms with Crippen molar-refractivity contribution in [2.24, 2.45) is 5.14 Å². The van der Waals surface area contributed by atoms with E-state index in [0.29, 0.717) is 24.5 Å². The van der Waals surface area contributed by atoms with E-state index in [0.717, 1.165) is 5.56 Å². The lowest BCUT2D eigenvalue weighted by molar-refractivity contribution is -0.127. The molecule has 0 radical (unpaired) electrons. The van der Waals surface area contributed by atoms with Crippen LogP contribution in [-0.2, 0) is 26.0 Å². The van der Waals surface area contributed by atoms with Crippen molar-refractivity contribution in [2.75, 3.05) is 26.8 Å². The van der Waals surface area contributed by atoms with Crippen LogP contribution in [0.1, 0.15) is 5.56 Å². The third-order valence-corrected chi connectivity index (χ3v) is 4.79. The smallest absolute Gasteiger partial charge is 0.258 e. The fraction of sp³-hybridized carbons (Fsp3) is 0.263. The SMILES string of the molecule is COc1ccc(OCC(=O)NCC(=O)NCCc2ccc(S(N)(=O)=O)cc2)cc1. The third kappa shape index (κ3) is 7.80. The topological polar surface area (TPSA) is 137 Å². The van der Waals surface area contributed by atoms with E-state index in [9.17, 15) is 18.0 Å². The number of carbonyl (C=O) groups is 2. The molecule has 10 heteroatoms. The van der Waals surface area contributed by atoms with Crippen molar-refractivity contribution in [1.29, 1.82) is 0 Å². The summed E-state index contributed by atoms with van der Waals surface area (Å²) < 4.78 is 32.8. The number of benzene rings is 2. The molecule has 0 aliphatic rings. The highest BCUT2D eigenvalue weighted by molar-refractivity contribution is 7.89. The Balaban J connectivity index is 1.64. The van der Waals surface area contributed by atoms with Crippen LogP contribution >= 0.6 is 0 Å². The molecule has 0 aromatic heterocycles. The number of hydrogen-bond donors (Lipinski definition) is 3. The molecular weight excluding hydrogens is 398 g/mol. The largest absolute Gasteiger partial charge is 0.497 e. The van der Waals surface area contributed by atoms with Crippen molar-refractivity contribution in [2.45, 2.75) is 11.3 Å². The summed E-state index contributed by atoms with van der Waals surface area (Å²) in [4.78, 5) is 23.6. The van der Waals surface area contributed by atoms with E-state index in [1.807, 2.05) is 0 Å². The molecule has 0 spiro atoms. The van der Waals surface area contributed by atoms with E-state index in [-0.39, 0.29) is 24.0 Å². The summed E-state index contributed by atoms with van der Waals surface area (Å²) in [6.45, 7) is -0.0447. The first-order chi connectivity index (χ1) is 13.8. The zero-order chi connectivity index (χ0) is 21.3. The van der Waals surface area contributed by atoms with Crippen LogP contribution in [0.5, 0.6) is 11.5 Å². The predicted octanol–water partition coefficient (Wildman–Crippen LogP) is 0.197.